The zero-order valence-electron chi connectivity index (χ0n) is 10.5. The highest BCUT2D eigenvalue weighted by molar-refractivity contribution is 9.10. The minimum absolute atomic E-state index is 0.0406. The maximum Gasteiger partial charge on any atom is 0.339 e. The van der Waals surface area contributed by atoms with Crippen molar-refractivity contribution in [3.05, 3.63) is 22.3 Å². The van der Waals surface area contributed by atoms with Gasteiger partial charge in [0.15, 0.2) is 5.12 Å². The van der Waals surface area contributed by atoms with Gasteiger partial charge in [-0.05, 0) is 22.0 Å². The summed E-state index contributed by atoms with van der Waals surface area (Å²) in [6, 6.07) is 1.41. The second-order valence-corrected chi connectivity index (χ2v) is 6.66. The third-order valence-corrected chi connectivity index (χ3v) is 4.16. The van der Waals surface area contributed by atoms with Crippen LogP contribution in [0.25, 0.3) is 0 Å². The van der Waals surface area contributed by atoms with Crippen molar-refractivity contribution in [3.63, 3.8) is 0 Å². The molecule has 2 rings (SSSR count). The zero-order valence-corrected chi connectivity index (χ0v) is 12.9. The number of aromatic nitrogens is 1. The Bertz CT molecular complexity index is 593. The molecule has 1 saturated heterocycles. The number of thioether (sulfide) groups is 1. The number of carboxylic acids is 1. The number of carbonyl (C=O) groups excluding carboxylic acids is 2. The summed E-state index contributed by atoms with van der Waals surface area (Å²) in [6.07, 6.45) is 1.65. The molecule has 6 nitrogen and oxygen atoms in total. The molecule has 1 amide bonds. The van der Waals surface area contributed by atoms with E-state index in [1.165, 1.54) is 24.1 Å². The van der Waals surface area contributed by atoms with Crippen molar-refractivity contribution in [2.45, 2.75) is 18.6 Å². The molecule has 1 fully saturated rings. The summed E-state index contributed by atoms with van der Waals surface area (Å²) in [6.45, 7) is 1.73. The molecule has 1 aromatic heterocycles. The number of carbonyl (C=O) groups is 3. The first-order valence-corrected chi connectivity index (χ1v) is 7.42. The van der Waals surface area contributed by atoms with Gasteiger partial charge >= 0.3 is 5.97 Å². The maximum absolute atomic E-state index is 12.0. The average molecular weight is 359 g/mol. The predicted octanol–water partition coefficient (Wildman–Crippen LogP) is 1.93. The van der Waals surface area contributed by atoms with Gasteiger partial charge in [-0.3, -0.25) is 14.5 Å². The van der Waals surface area contributed by atoms with E-state index in [-0.39, 0.29) is 40.6 Å². The molecule has 0 bridgehead atoms. The van der Waals surface area contributed by atoms with Gasteiger partial charge in [0, 0.05) is 35.8 Å². The van der Waals surface area contributed by atoms with Crippen LogP contribution < -0.4 is 4.90 Å². The predicted molar refractivity (Wildman–Crippen MR) is 77.9 cm³/mol. The SMILES string of the molecule is CC(=O)SC1CC(=O)N(c2ncc(Br)cc2C(=O)O)C1. The van der Waals surface area contributed by atoms with E-state index in [0.29, 0.717) is 4.47 Å². The number of anilines is 1. The summed E-state index contributed by atoms with van der Waals surface area (Å²) in [5, 5.41) is 8.97. The molecule has 20 heavy (non-hydrogen) atoms. The fraction of sp³-hybridized carbons (Fsp3) is 0.333. The zero-order chi connectivity index (χ0) is 14.9. The highest BCUT2D eigenvalue weighted by Crippen LogP contribution is 2.30. The molecule has 1 N–H and O–H groups in total. The van der Waals surface area contributed by atoms with Gasteiger partial charge in [0.1, 0.15) is 11.4 Å². The van der Waals surface area contributed by atoms with E-state index < -0.39 is 5.97 Å². The van der Waals surface area contributed by atoms with Gasteiger partial charge < -0.3 is 5.11 Å². The molecule has 106 valence electrons. The first kappa shape index (κ1) is 15.0. The summed E-state index contributed by atoms with van der Waals surface area (Å²) < 4.78 is 0.528. The summed E-state index contributed by atoms with van der Waals surface area (Å²) in [5.74, 6) is -1.25. The number of halogens is 1. The molecule has 0 aromatic carbocycles. The Balaban J connectivity index is 2.30. The van der Waals surface area contributed by atoms with Crippen molar-refractivity contribution in [1.29, 1.82) is 0 Å². The molecule has 1 aromatic rings. The molecule has 1 unspecified atom stereocenters. The first-order chi connectivity index (χ1) is 9.38. The fourth-order valence-corrected chi connectivity index (χ4v) is 3.25. The van der Waals surface area contributed by atoms with Crippen LogP contribution in [0.2, 0.25) is 0 Å². The lowest BCUT2D eigenvalue weighted by molar-refractivity contribution is -0.117. The molecule has 1 aliphatic rings. The van der Waals surface area contributed by atoms with Crippen LogP contribution in [-0.2, 0) is 9.59 Å². The average Bonchev–Trinajstić information content (AvgIpc) is 2.69. The normalized spacial score (nSPS) is 18.4. The number of pyridine rings is 1. The van der Waals surface area contributed by atoms with Crippen LogP contribution in [0.5, 0.6) is 0 Å². The molecule has 2 heterocycles. The number of rotatable bonds is 3. The number of hydrogen-bond donors (Lipinski definition) is 1. The van der Waals surface area contributed by atoms with Crippen LogP contribution in [0.3, 0.4) is 0 Å². The molecule has 1 atom stereocenters. The van der Waals surface area contributed by atoms with Gasteiger partial charge in [-0.1, -0.05) is 11.8 Å². The van der Waals surface area contributed by atoms with E-state index in [1.54, 1.807) is 0 Å². The minimum Gasteiger partial charge on any atom is -0.478 e. The lowest BCUT2D eigenvalue weighted by atomic mass is 10.2. The highest BCUT2D eigenvalue weighted by Gasteiger charge is 2.34. The minimum atomic E-state index is -1.15. The first-order valence-electron chi connectivity index (χ1n) is 5.75. The fourth-order valence-electron chi connectivity index (χ4n) is 2.00. The van der Waals surface area contributed by atoms with Crippen LogP contribution in [0, 0.1) is 0 Å². The van der Waals surface area contributed by atoms with Crippen molar-refractivity contribution in [1.82, 2.24) is 4.98 Å². The molecule has 0 spiro atoms. The number of aromatic carboxylic acids is 1. The van der Waals surface area contributed by atoms with Gasteiger partial charge in [-0.2, -0.15) is 0 Å². The molecular formula is C12H11BrN2O4S. The molecule has 0 saturated carbocycles. The van der Waals surface area contributed by atoms with Crippen molar-refractivity contribution in [3.8, 4) is 0 Å². The Morgan fingerprint density at radius 3 is 2.85 bits per heavy atom. The number of hydrogen-bond acceptors (Lipinski definition) is 5. The maximum atomic E-state index is 12.0. The molecule has 0 aliphatic carbocycles. The van der Waals surface area contributed by atoms with Crippen LogP contribution in [-0.4, -0.2) is 38.9 Å². The smallest absolute Gasteiger partial charge is 0.339 e. The van der Waals surface area contributed by atoms with Crippen molar-refractivity contribution < 1.29 is 19.5 Å². The standard InChI is InChI=1S/C12H11BrN2O4S/c1-6(16)20-8-3-10(17)15(5-8)11-9(12(18)19)2-7(13)4-14-11/h2,4,8H,3,5H2,1H3,(H,18,19). The van der Waals surface area contributed by atoms with Gasteiger partial charge in [0.2, 0.25) is 5.91 Å². The molecule has 1 aliphatic heterocycles. The highest BCUT2D eigenvalue weighted by atomic mass is 79.9. The second-order valence-electron chi connectivity index (χ2n) is 4.27. The van der Waals surface area contributed by atoms with Crippen molar-refractivity contribution >= 4 is 50.5 Å². The summed E-state index contributed by atoms with van der Waals surface area (Å²) in [5.41, 5.74) is -0.0406. The van der Waals surface area contributed by atoms with Gasteiger partial charge in [0.25, 0.3) is 0 Å². The van der Waals surface area contributed by atoms with Crippen molar-refractivity contribution in [2.24, 2.45) is 0 Å². The number of nitrogens with zero attached hydrogens (tertiary/aromatic N) is 2. The van der Waals surface area contributed by atoms with Gasteiger partial charge in [-0.15, -0.1) is 0 Å². The molecular weight excluding hydrogens is 348 g/mol. The lowest BCUT2D eigenvalue weighted by Gasteiger charge is -2.17. The van der Waals surface area contributed by atoms with E-state index in [4.69, 9.17) is 0 Å². The quantitative estimate of drug-likeness (QED) is 0.887. The summed E-state index contributed by atoms with van der Waals surface area (Å²) in [4.78, 5) is 39.7. The van der Waals surface area contributed by atoms with Crippen LogP contribution in [0.4, 0.5) is 5.82 Å². The number of carboxylic acid groups (broad SMARTS) is 1. The molecule has 8 heteroatoms. The second kappa shape index (κ2) is 5.92. The Morgan fingerprint density at radius 2 is 2.25 bits per heavy atom. The number of amides is 1. The van der Waals surface area contributed by atoms with E-state index in [9.17, 15) is 19.5 Å². The van der Waals surface area contributed by atoms with Gasteiger partial charge in [0.05, 0.1) is 0 Å². The summed E-state index contributed by atoms with van der Waals surface area (Å²) >= 11 is 4.25. The topological polar surface area (TPSA) is 87.6 Å². The third kappa shape index (κ3) is 3.18. The Kier molecular flexibility index (Phi) is 4.44. The van der Waals surface area contributed by atoms with E-state index in [1.807, 2.05) is 0 Å². The monoisotopic (exact) mass is 358 g/mol. The Hall–Kier alpha value is -1.41. The Labute approximate surface area is 127 Å². The summed E-state index contributed by atoms with van der Waals surface area (Å²) in [7, 11) is 0. The van der Waals surface area contributed by atoms with Gasteiger partial charge in [-0.25, -0.2) is 9.78 Å². The molecule has 0 radical (unpaired) electrons. The largest absolute Gasteiger partial charge is 0.478 e. The van der Waals surface area contributed by atoms with Crippen molar-refractivity contribution in [2.75, 3.05) is 11.4 Å². The van der Waals surface area contributed by atoms with E-state index in [2.05, 4.69) is 20.9 Å². The third-order valence-electron chi connectivity index (χ3n) is 2.74. The Morgan fingerprint density at radius 1 is 1.55 bits per heavy atom. The van der Waals surface area contributed by atoms with Crippen LogP contribution in [0.15, 0.2) is 16.7 Å². The van der Waals surface area contributed by atoms with Crippen LogP contribution >= 0.6 is 27.7 Å². The van der Waals surface area contributed by atoms with E-state index in [0.717, 1.165) is 11.8 Å². The van der Waals surface area contributed by atoms with E-state index >= 15 is 0 Å². The van der Waals surface area contributed by atoms with Crippen LogP contribution in [0.1, 0.15) is 23.7 Å². The lowest BCUT2D eigenvalue weighted by Crippen LogP contribution is -2.28.